The van der Waals surface area contributed by atoms with Crippen LogP contribution in [0, 0.1) is 5.41 Å². The van der Waals surface area contributed by atoms with E-state index in [0.717, 1.165) is 24.1 Å². The highest BCUT2D eigenvalue weighted by atomic mass is 16.2. The van der Waals surface area contributed by atoms with E-state index < -0.39 is 0 Å². The minimum Gasteiger partial charge on any atom is -0.341 e. The maximum atomic E-state index is 12.7. The number of nitrogens with two attached hydrogens (primary N) is 1. The SMILES string of the molecule is CN(Cc1cnn(-c2ccccc2)c1)C(=O)CC1(CN)CCCCC1. The van der Waals surface area contributed by atoms with Gasteiger partial charge in [-0.25, -0.2) is 4.68 Å². The van der Waals surface area contributed by atoms with Crippen LogP contribution >= 0.6 is 0 Å². The summed E-state index contributed by atoms with van der Waals surface area (Å²) in [7, 11) is 1.87. The summed E-state index contributed by atoms with van der Waals surface area (Å²) >= 11 is 0. The molecule has 0 saturated heterocycles. The lowest BCUT2D eigenvalue weighted by Gasteiger charge is -2.36. The molecular weight excluding hydrogens is 312 g/mol. The van der Waals surface area contributed by atoms with E-state index in [1.54, 1.807) is 4.90 Å². The van der Waals surface area contributed by atoms with E-state index >= 15 is 0 Å². The first kappa shape index (κ1) is 17.7. The molecule has 1 saturated carbocycles. The topological polar surface area (TPSA) is 64.2 Å². The van der Waals surface area contributed by atoms with Gasteiger partial charge in [0.25, 0.3) is 0 Å². The third kappa shape index (κ3) is 4.28. The molecule has 5 heteroatoms. The first-order chi connectivity index (χ1) is 12.1. The van der Waals surface area contributed by atoms with Crippen molar-refractivity contribution in [3.8, 4) is 5.69 Å². The summed E-state index contributed by atoms with van der Waals surface area (Å²) in [6, 6.07) is 9.99. The van der Waals surface area contributed by atoms with Crippen LogP contribution in [0.4, 0.5) is 0 Å². The molecule has 134 valence electrons. The average Bonchev–Trinajstić information content (AvgIpc) is 3.11. The highest BCUT2D eigenvalue weighted by molar-refractivity contribution is 5.76. The molecule has 1 heterocycles. The van der Waals surface area contributed by atoms with Crippen molar-refractivity contribution in [3.05, 3.63) is 48.3 Å². The minimum absolute atomic E-state index is 0.0117. The molecule has 3 rings (SSSR count). The zero-order chi connectivity index (χ0) is 17.7. The smallest absolute Gasteiger partial charge is 0.223 e. The largest absolute Gasteiger partial charge is 0.341 e. The molecule has 2 N–H and O–H groups in total. The fourth-order valence-corrected chi connectivity index (χ4v) is 3.74. The van der Waals surface area contributed by atoms with Gasteiger partial charge in [0.05, 0.1) is 11.9 Å². The van der Waals surface area contributed by atoms with Crippen LogP contribution in [0.2, 0.25) is 0 Å². The average molecular weight is 340 g/mol. The zero-order valence-corrected chi connectivity index (χ0v) is 15.0. The van der Waals surface area contributed by atoms with Gasteiger partial charge in [-0.2, -0.15) is 5.10 Å². The van der Waals surface area contributed by atoms with E-state index in [4.69, 9.17) is 5.73 Å². The molecule has 1 aliphatic rings. The maximum Gasteiger partial charge on any atom is 0.223 e. The molecule has 2 aromatic rings. The Kier molecular flexibility index (Phi) is 5.53. The first-order valence-corrected chi connectivity index (χ1v) is 9.15. The number of aromatic nitrogens is 2. The van der Waals surface area contributed by atoms with Gasteiger partial charge in [-0.15, -0.1) is 0 Å². The van der Waals surface area contributed by atoms with Crippen LogP contribution in [-0.2, 0) is 11.3 Å². The number of para-hydroxylation sites is 1. The van der Waals surface area contributed by atoms with Gasteiger partial charge in [0, 0.05) is 31.8 Å². The molecule has 0 radical (unpaired) electrons. The predicted octanol–water partition coefficient (Wildman–Crippen LogP) is 3.13. The molecule has 1 amide bonds. The highest BCUT2D eigenvalue weighted by Crippen LogP contribution is 2.38. The molecule has 5 nitrogen and oxygen atoms in total. The van der Waals surface area contributed by atoms with Gasteiger partial charge < -0.3 is 10.6 Å². The number of nitrogens with zero attached hydrogens (tertiary/aromatic N) is 3. The van der Waals surface area contributed by atoms with Crippen molar-refractivity contribution in [2.24, 2.45) is 11.1 Å². The zero-order valence-electron chi connectivity index (χ0n) is 15.0. The molecule has 0 spiro atoms. The summed E-state index contributed by atoms with van der Waals surface area (Å²) in [5, 5.41) is 4.40. The Labute approximate surface area is 149 Å². The minimum atomic E-state index is 0.0117. The van der Waals surface area contributed by atoms with Crippen molar-refractivity contribution in [1.29, 1.82) is 0 Å². The number of amides is 1. The van der Waals surface area contributed by atoms with Crippen molar-refractivity contribution in [2.75, 3.05) is 13.6 Å². The predicted molar refractivity (Wildman–Crippen MR) is 99.2 cm³/mol. The Balaban J connectivity index is 1.61. The van der Waals surface area contributed by atoms with Crippen LogP contribution in [0.1, 0.15) is 44.1 Å². The summed E-state index contributed by atoms with van der Waals surface area (Å²) in [5.41, 5.74) is 8.09. The molecule has 0 bridgehead atoms. The van der Waals surface area contributed by atoms with Gasteiger partial charge in [-0.1, -0.05) is 37.5 Å². The summed E-state index contributed by atoms with van der Waals surface area (Å²) < 4.78 is 1.84. The van der Waals surface area contributed by atoms with E-state index in [1.807, 2.05) is 54.5 Å². The molecular formula is C20H28N4O. The Bertz CT molecular complexity index is 689. The van der Waals surface area contributed by atoms with Gasteiger partial charge in [-0.05, 0) is 36.9 Å². The molecule has 0 unspecified atom stereocenters. The quantitative estimate of drug-likeness (QED) is 0.879. The number of carbonyl (C=O) groups is 1. The second-order valence-electron chi connectivity index (χ2n) is 7.32. The fourth-order valence-electron chi connectivity index (χ4n) is 3.74. The Morgan fingerprint density at radius 2 is 1.96 bits per heavy atom. The maximum absolute atomic E-state index is 12.7. The number of benzene rings is 1. The van der Waals surface area contributed by atoms with E-state index in [0.29, 0.717) is 19.5 Å². The second-order valence-corrected chi connectivity index (χ2v) is 7.32. The number of hydrogen-bond acceptors (Lipinski definition) is 3. The normalized spacial score (nSPS) is 16.6. The summed E-state index contributed by atoms with van der Waals surface area (Å²) in [4.78, 5) is 14.5. The van der Waals surface area contributed by atoms with Crippen LogP contribution in [0.15, 0.2) is 42.7 Å². The molecule has 1 aliphatic carbocycles. The summed E-state index contributed by atoms with van der Waals surface area (Å²) in [5.74, 6) is 0.180. The Morgan fingerprint density at radius 1 is 1.24 bits per heavy atom. The van der Waals surface area contributed by atoms with Gasteiger partial charge in [-0.3, -0.25) is 4.79 Å². The van der Waals surface area contributed by atoms with Gasteiger partial charge >= 0.3 is 0 Å². The molecule has 0 aliphatic heterocycles. The number of rotatable bonds is 6. The van der Waals surface area contributed by atoms with Crippen molar-refractivity contribution in [1.82, 2.24) is 14.7 Å². The summed E-state index contributed by atoms with van der Waals surface area (Å²) in [6.07, 6.45) is 10.2. The second kappa shape index (κ2) is 7.83. The monoisotopic (exact) mass is 340 g/mol. The van der Waals surface area contributed by atoms with Crippen molar-refractivity contribution in [2.45, 2.75) is 45.1 Å². The first-order valence-electron chi connectivity index (χ1n) is 9.15. The third-order valence-corrected chi connectivity index (χ3v) is 5.38. The molecule has 25 heavy (non-hydrogen) atoms. The van der Waals surface area contributed by atoms with Crippen molar-refractivity contribution < 1.29 is 4.79 Å². The van der Waals surface area contributed by atoms with Gasteiger partial charge in [0.1, 0.15) is 0 Å². The van der Waals surface area contributed by atoms with Crippen molar-refractivity contribution >= 4 is 5.91 Å². The van der Waals surface area contributed by atoms with Crippen LogP contribution in [-0.4, -0.2) is 34.2 Å². The fraction of sp³-hybridized carbons (Fsp3) is 0.500. The summed E-state index contributed by atoms with van der Waals surface area (Å²) in [6.45, 7) is 1.19. The van der Waals surface area contributed by atoms with E-state index in [1.165, 1.54) is 19.3 Å². The lowest BCUT2D eigenvalue weighted by Crippen LogP contribution is -2.39. The van der Waals surface area contributed by atoms with E-state index in [-0.39, 0.29) is 11.3 Å². The lowest BCUT2D eigenvalue weighted by molar-refractivity contribution is -0.133. The number of hydrogen-bond donors (Lipinski definition) is 1. The highest BCUT2D eigenvalue weighted by Gasteiger charge is 2.33. The van der Waals surface area contributed by atoms with Crippen LogP contribution in [0.25, 0.3) is 5.69 Å². The molecule has 0 atom stereocenters. The Morgan fingerprint density at radius 3 is 2.64 bits per heavy atom. The van der Waals surface area contributed by atoms with Crippen molar-refractivity contribution in [3.63, 3.8) is 0 Å². The standard InChI is InChI=1S/C20H28N4O/c1-23(19(25)12-20(16-21)10-6-3-7-11-20)14-17-13-22-24(15-17)18-8-4-2-5-9-18/h2,4-5,8-9,13,15H,3,6-7,10-12,14,16,21H2,1H3. The van der Waals surface area contributed by atoms with Crippen LogP contribution < -0.4 is 5.73 Å². The van der Waals surface area contributed by atoms with E-state index in [9.17, 15) is 4.79 Å². The van der Waals surface area contributed by atoms with Gasteiger partial charge in [0.2, 0.25) is 5.91 Å². The number of carbonyl (C=O) groups excluding carboxylic acids is 1. The molecule has 1 fully saturated rings. The molecule has 1 aromatic heterocycles. The van der Waals surface area contributed by atoms with Crippen LogP contribution in [0.5, 0.6) is 0 Å². The van der Waals surface area contributed by atoms with Crippen LogP contribution in [0.3, 0.4) is 0 Å². The Hall–Kier alpha value is -2.14. The lowest BCUT2D eigenvalue weighted by atomic mass is 9.71. The third-order valence-electron chi connectivity index (χ3n) is 5.38. The van der Waals surface area contributed by atoms with E-state index in [2.05, 4.69) is 5.10 Å². The van der Waals surface area contributed by atoms with Gasteiger partial charge in [0.15, 0.2) is 0 Å². The molecule has 1 aromatic carbocycles.